The summed E-state index contributed by atoms with van der Waals surface area (Å²) in [4.78, 5) is 29.7. The van der Waals surface area contributed by atoms with Crippen LogP contribution in [0.3, 0.4) is 0 Å². The zero-order valence-electron chi connectivity index (χ0n) is 10.8. The summed E-state index contributed by atoms with van der Waals surface area (Å²) in [5.41, 5.74) is 2.35. The Balaban J connectivity index is 2.41. The summed E-state index contributed by atoms with van der Waals surface area (Å²) in [6.07, 6.45) is 1.21. The molecule has 0 fully saturated rings. The molecular formula is C13H14N4O3. The minimum atomic E-state index is -0.576. The number of nitrogens with zero attached hydrogens (tertiary/aromatic N) is 1. The maximum Gasteiger partial charge on any atom is 0.285 e. The van der Waals surface area contributed by atoms with Crippen molar-refractivity contribution < 1.29 is 9.53 Å². The highest BCUT2D eigenvalue weighted by atomic mass is 16.5. The van der Waals surface area contributed by atoms with E-state index in [1.165, 1.54) is 6.20 Å². The highest BCUT2D eigenvalue weighted by Gasteiger charge is 2.11. The Morgan fingerprint density at radius 2 is 2.10 bits per heavy atom. The van der Waals surface area contributed by atoms with Gasteiger partial charge in [0.2, 0.25) is 0 Å². The molecule has 0 saturated heterocycles. The average Bonchev–Trinajstić information content (AvgIpc) is 2.48. The maximum atomic E-state index is 11.8. The number of nitrogens with two attached hydrogens (primary N) is 1. The molecule has 0 aliphatic heterocycles. The van der Waals surface area contributed by atoms with Gasteiger partial charge in [-0.25, -0.2) is 10.8 Å². The minimum Gasteiger partial charge on any atom is -0.494 e. The Bertz CT molecular complexity index is 664. The van der Waals surface area contributed by atoms with Gasteiger partial charge in [0.15, 0.2) is 0 Å². The zero-order chi connectivity index (χ0) is 14.5. The highest BCUT2D eigenvalue weighted by molar-refractivity contribution is 5.91. The van der Waals surface area contributed by atoms with Gasteiger partial charge in [0.25, 0.3) is 11.5 Å². The molecule has 0 bridgehead atoms. The largest absolute Gasteiger partial charge is 0.494 e. The predicted octanol–water partition coefficient (Wildman–Crippen LogP) is 0.439. The van der Waals surface area contributed by atoms with E-state index in [1.807, 2.05) is 12.3 Å². The Kier molecular flexibility index (Phi) is 4.11. The molecule has 7 nitrogen and oxygen atoms in total. The second-order valence-electron chi connectivity index (χ2n) is 3.89. The first-order valence-electron chi connectivity index (χ1n) is 5.99. The van der Waals surface area contributed by atoms with Gasteiger partial charge in [-0.1, -0.05) is 0 Å². The van der Waals surface area contributed by atoms with Gasteiger partial charge in [-0.05, 0) is 31.2 Å². The van der Waals surface area contributed by atoms with Crippen LogP contribution >= 0.6 is 0 Å². The van der Waals surface area contributed by atoms with E-state index in [9.17, 15) is 9.59 Å². The van der Waals surface area contributed by atoms with Crippen molar-refractivity contribution in [2.24, 2.45) is 5.84 Å². The van der Waals surface area contributed by atoms with Crippen molar-refractivity contribution in [2.45, 2.75) is 6.92 Å². The van der Waals surface area contributed by atoms with E-state index in [0.29, 0.717) is 17.9 Å². The number of nitrogen functional groups attached to an aromatic ring is 1. The Labute approximate surface area is 114 Å². The minimum absolute atomic E-state index is 0.0379. The second kappa shape index (κ2) is 5.98. The summed E-state index contributed by atoms with van der Waals surface area (Å²) in [7, 11) is 0. The Hall–Kier alpha value is -2.67. The van der Waals surface area contributed by atoms with E-state index in [0.717, 1.165) is 0 Å². The molecule has 1 heterocycles. The Morgan fingerprint density at radius 1 is 1.40 bits per heavy atom. The number of nitrogens with one attached hydrogen (secondary N) is 2. The lowest BCUT2D eigenvalue weighted by Gasteiger charge is -2.05. The van der Waals surface area contributed by atoms with Crippen LogP contribution in [-0.4, -0.2) is 22.5 Å². The standard InChI is InChI=1S/C13H14N4O3/c1-2-20-9-5-3-8(4-6-9)11-13(19)15-7-10(16-11)12(18)17-14/h3-7H,2,14H2,1H3,(H,15,19)(H,17,18). The first kappa shape index (κ1) is 13.8. The monoisotopic (exact) mass is 274 g/mol. The second-order valence-corrected chi connectivity index (χ2v) is 3.89. The molecule has 0 atom stereocenters. The third kappa shape index (κ3) is 2.83. The molecule has 2 aromatic rings. The summed E-state index contributed by atoms with van der Waals surface area (Å²) >= 11 is 0. The van der Waals surface area contributed by atoms with Crippen LogP contribution < -0.4 is 21.6 Å². The van der Waals surface area contributed by atoms with E-state index < -0.39 is 5.91 Å². The fourth-order valence-electron chi connectivity index (χ4n) is 1.67. The number of rotatable bonds is 4. The van der Waals surface area contributed by atoms with Crippen LogP contribution in [0.5, 0.6) is 5.75 Å². The SMILES string of the molecule is CCOc1ccc(-c2nc(C(=O)NN)c[nH]c2=O)cc1. The van der Waals surface area contributed by atoms with Crippen LogP contribution in [0.1, 0.15) is 17.4 Å². The van der Waals surface area contributed by atoms with E-state index in [4.69, 9.17) is 10.6 Å². The van der Waals surface area contributed by atoms with Crippen molar-refractivity contribution in [3.63, 3.8) is 0 Å². The van der Waals surface area contributed by atoms with Crippen molar-refractivity contribution in [3.8, 4) is 17.0 Å². The number of hydrogen-bond donors (Lipinski definition) is 3. The first-order valence-corrected chi connectivity index (χ1v) is 5.99. The van der Waals surface area contributed by atoms with Crippen LogP contribution in [0.4, 0.5) is 0 Å². The zero-order valence-corrected chi connectivity index (χ0v) is 10.8. The van der Waals surface area contributed by atoms with Gasteiger partial charge in [-0.3, -0.25) is 15.0 Å². The number of aromatic nitrogens is 2. The van der Waals surface area contributed by atoms with Gasteiger partial charge in [-0.2, -0.15) is 0 Å². The molecule has 0 radical (unpaired) electrons. The van der Waals surface area contributed by atoms with Crippen LogP contribution in [-0.2, 0) is 0 Å². The first-order chi connectivity index (χ1) is 9.65. The molecule has 4 N–H and O–H groups in total. The molecule has 1 aromatic carbocycles. The number of hydrazine groups is 1. The van der Waals surface area contributed by atoms with Gasteiger partial charge in [0, 0.05) is 11.8 Å². The van der Waals surface area contributed by atoms with E-state index >= 15 is 0 Å². The fourth-order valence-corrected chi connectivity index (χ4v) is 1.67. The van der Waals surface area contributed by atoms with Crippen molar-refractivity contribution in [3.05, 3.63) is 46.5 Å². The highest BCUT2D eigenvalue weighted by Crippen LogP contribution is 2.18. The van der Waals surface area contributed by atoms with Gasteiger partial charge >= 0.3 is 0 Å². The molecule has 0 aliphatic carbocycles. The van der Waals surface area contributed by atoms with Crippen LogP contribution in [0.25, 0.3) is 11.3 Å². The number of hydrogen-bond acceptors (Lipinski definition) is 5. The van der Waals surface area contributed by atoms with Crippen molar-refractivity contribution in [1.82, 2.24) is 15.4 Å². The molecule has 104 valence electrons. The molecule has 1 amide bonds. The molecule has 7 heteroatoms. The maximum absolute atomic E-state index is 11.8. The number of amides is 1. The lowest BCUT2D eigenvalue weighted by Crippen LogP contribution is -2.31. The summed E-state index contributed by atoms with van der Waals surface area (Å²) in [5, 5.41) is 0. The van der Waals surface area contributed by atoms with E-state index in [1.54, 1.807) is 24.3 Å². The third-order valence-corrected chi connectivity index (χ3v) is 2.59. The molecule has 1 aromatic heterocycles. The molecule has 2 rings (SSSR count). The number of aromatic amines is 1. The summed E-state index contributed by atoms with van der Waals surface area (Å²) < 4.78 is 5.32. The van der Waals surface area contributed by atoms with Crippen LogP contribution in [0.2, 0.25) is 0 Å². The number of carbonyl (C=O) groups excluding carboxylic acids is 1. The number of carbonyl (C=O) groups is 1. The molecule has 20 heavy (non-hydrogen) atoms. The Morgan fingerprint density at radius 3 is 2.70 bits per heavy atom. The molecule has 0 unspecified atom stereocenters. The lowest BCUT2D eigenvalue weighted by atomic mass is 10.1. The lowest BCUT2D eigenvalue weighted by molar-refractivity contribution is 0.0948. The van der Waals surface area contributed by atoms with Crippen LogP contribution in [0, 0.1) is 0 Å². The molecule has 0 spiro atoms. The third-order valence-electron chi connectivity index (χ3n) is 2.59. The van der Waals surface area contributed by atoms with Gasteiger partial charge in [-0.15, -0.1) is 0 Å². The quantitative estimate of drug-likeness (QED) is 0.425. The van der Waals surface area contributed by atoms with Crippen molar-refractivity contribution in [1.29, 1.82) is 0 Å². The molecule has 0 saturated carbocycles. The van der Waals surface area contributed by atoms with E-state index in [2.05, 4.69) is 9.97 Å². The average molecular weight is 274 g/mol. The summed E-state index contributed by atoms with van der Waals surface area (Å²) in [6.45, 7) is 2.44. The predicted molar refractivity (Wildman–Crippen MR) is 73.1 cm³/mol. The summed E-state index contributed by atoms with van der Waals surface area (Å²) in [6, 6.07) is 6.87. The van der Waals surface area contributed by atoms with Gasteiger partial charge < -0.3 is 9.72 Å². The number of H-pyrrole nitrogens is 1. The topological polar surface area (TPSA) is 110 Å². The normalized spacial score (nSPS) is 10.1. The number of ether oxygens (including phenoxy) is 1. The fraction of sp³-hybridized carbons (Fsp3) is 0.154. The smallest absolute Gasteiger partial charge is 0.285 e. The molecule has 0 aliphatic rings. The molecular weight excluding hydrogens is 260 g/mol. The van der Waals surface area contributed by atoms with Gasteiger partial charge in [0.1, 0.15) is 17.1 Å². The van der Waals surface area contributed by atoms with Gasteiger partial charge in [0.05, 0.1) is 6.61 Å². The van der Waals surface area contributed by atoms with Crippen molar-refractivity contribution in [2.75, 3.05) is 6.61 Å². The number of benzene rings is 1. The van der Waals surface area contributed by atoms with E-state index in [-0.39, 0.29) is 16.9 Å². The summed E-state index contributed by atoms with van der Waals surface area (Å²) in [5.74, 6) is 5.16. The van der Waals surface area contributed by atoms with Crippen LogP contribution in [0.15, 0.2) is 35.3 Å². The van der Waals surface area contributed by atoms with Crippen molar-refractivity contribution >= 4 is 5.91 Å².